The Bertz CT molecular complexity index is 901. The monoisotopic (exact) mass is 301 g/mol. The fourth-order valence-electron chi connectivity index (χ4n) is 2.29. The van der Waals surface area contributed by atoms with E-state index >= 15 is 0 Å². The number of thiophene rings is 1. The number of hydrogen-bond donors (Lipinski definition) is 1. The van der Waals surface area contributed by atoms with Crippen LogP contribution in [0, 0.1) is 13.8 Å². The second kappa shape index (κ2) is 4.96. The molecule has 0 spiro atoms. The van der Waals surface area contributed by atoms with Gasteiger partial charge in [-0.15, -0.1) is 11.3 Å². The lowest BCUT2D eigenvalue weighted by molar-refractivity contribution is 0.101. The molecule has 0 aliphatic carbocycles. The first-order chi connectivity index (χ1) is 9.95. The Morgan fingerprint density at radius 2 is 2.19 bits per heavy atom. The lowest BCUT2D eigenvalue weighted by atomic mass is 10.2. The van der Waals surface area contributed by atoms with Crippen molar-refractivity contribution in [2.45, 2.75) is 27.3 Å². The van der Waals surface area contributed by atoms with E-state index in [0.29, 0.717) is 23.3 Å². The number of H-pyrrole nitrogens is 1. The number of ketones is 1. The lowest BCUT2D eigenvalue weighted by Crippen LogP contribution is -2.13. The summed E-state index contributed by atoms with van der Waals surface area (Å²) in [7, 11) is 0. The third kappa shape index (κ3) is 2.42. The summed E-state index contributed by atoms with van der Waals surface area (Å²) < 4.78 is 1.84. The van der Waals surface area contributed by atoms with E-state index in [1.54, 1.807) is 12.3 Å². The van der Waals surface area contributed by atoms with Gasteiger partial charge in [-0.3, -0.25) is 9.59 Å². The molecule has 0 aliphatic heterocycles. The van der Waals surface area contributed by atoms with Crippen LogP contribution in [0.25, 0.3) is 10.2 Å². The topological polar surface area (TPSA) is 67.8 Å². The Labute approximate surface area is 125 Å². The molecule has 0 saturated carbocycles. The highest BCUT2D eigenvalue weighted by molar-refractivity contribution is 7.18. The number of rotatable bonds is 3. The minimum atomic E-state index is -0.101. The van der Waals surface area contributed by atoms with Crippen LogP contribution in [-0.4, -0.2) is 20.3 Å². The van der Waals surface area contributed by atoms with Gasteiger partial charge in [0.05, 0.1) is 11.9 Å². The van der Waals surface area contributed by atoms with Gasteiger partial charge in [0.15, 0.2) is 5.78 Å². The summed E-state index contributed by atoms with van der Waals surface area (Å²) in [5.74, 6) is 0.620. The molecule has 1 N–H and O–H groups in total. The molecule has 0 amide bonds. The van der Waals surface area contributed by atoms with Crippen molar-refractivity contribution in [3.05, 3.63) is 50.6 Å². The summed E-state index contributed by atoms with van der Waals surface area (Å²) in [5, 5.41) is 0.679. The number of hydrogen-bond acceptors (Lipinski definition) is 4. The van der Waals surface area contributed by atoms with Crippen molar-refractivity contribution < 1.29 is 4.79 Å². The van der Waals surface area contributed by atoms with Crippen LogP contribution in [0.5, 0.6) is 0 Å². The molecule has 21 heavy (non-hydrogen) atoms. The van der Waals surface area contributed by atoms with E-state index in [1.807, 2.05) is 24.6 Å². The quantitative estimate of drug-likeness (QED) is 0.756. The summed E-state index contributed by atoms with van der Waals surface area (Å²) in [6.45, 7) is 5.90. The molecule has 108 valence electrons. The van der Waals surface area contributed by atoms with Crippen molar-refractivity contribution >= 4 is 27.3 Å². The average molecular weight is 301 g/mol. The highest BCUT2D eigenvalue weighted by Crippen LogP contribution is 2.25. The highest BCUT2D eigenvalue weighted by Gasteiger charge is 2.12. The van der Waals surface area contributed by atoms with E-state index < -0.39 is 0 Å². The minimum absolute atomic E-state index is 0.0233. The van der Waals surface area contributed by atoms with E-state index in [9.17, 15) is 9.59 Å². The standard InChI is InChI=1S/C15H15N3O2S/c1-8-10(3)21-15-13(8)14(20)16-12(17-15)7-18-5-4-11(6-18)9(2)19/h4-6H,7H2,1-3H3,(H,16,17,20). The number of aromatic amines is 1. The molecule has 3 aromatic rings. The Balaban J connectivity index is 2.01. The van der Waals surface area contributed by atoms with Crippen LogP contribution in [0.2, 0.25) is 0 Å². The second-order valence-corrected chi connectivity index (χ2v) is 6.31. The molecule has 3 aromatic heterocycles. The lowest BCUT2D eigenvalue weighted by Gasteiger charge is -2.02. The highest BCUT2D eigenvalue weighted by atomic mass is 32.1. The number of nitrogens with zero attached hydrogens (tertiary/aromatic N) is 2. The predicted molar refractivity (Wildman–Crippen MR) is 83.3 cm³/mol. The minimum Gasteiger partial charge on any atom is -0.346 e. The molecule has 0 aliphatic rings. The Kier molecular flexibility index (Phi) is 3.25. The number of fused-ring (bicyclic) bond motifs is 1. The van der Waals surface area contributed by atoms with Crippen LogP contribution < -0.4 is 5.56 Å². The molecule has 0 fully saturated rings. The van der Waals surface area contributed by atoms with E-state index in [1.165, 1.54) is 18.3 Å². The number of nitrogens with one attached hydrogen (secondary N) is 1. The van der Waals surface area contributed by atoms with Gasteiger partial charge in [0.2, 0.25) is 0 Å². The maximum Gasteiger partial charge on any atom is 0.259 e. The Morgan fingerprint density at radius 1 is 1.43 bits per heavy atom. The van der Waals surface area contributed by atoms with Gasteiger partial charge < -0.3 is 9.55 Å². The van der Waals surface area contributed by atoms with Gasteiger partial charge in [-0.25, -0.2) is 4.98 Å². The molecule has 6 heteroatoms. The van der Waals surface area contributed by atoms with Crippen molar-refractivity contribution in [1.82, 2.24) is 14.5 Å². The van der Waals surface area contributed by atoms with Crippen molar-refractivity contribution in [3.63, 3.8) is 0 Å². The van der Waals surface area contributed by atoms with Gasteiger partial charge in [-0.05, 0) is 32.4 Å². The molecule has 0 radical (unpaired) electrons. The van der Waals surface area contributed by atoms with Gasteiger partial charge in [0.25, 0.3) is 5.56 Å². The molecule has 3 rings (SSSR count). The smallest absolute Gasteiger partial charge is 0.259 e. The number of Topliss-reactive ketones (excluding diaryl/α,β-unsaturated/α-hetero) is 1. The largest absolute Gasteiger partial charge is 0.346 e. The third-order valence-electron chi connectivity index (χ3n) is 3.58. The van der Waals surface area contributed by atoms with E-state index in [-0.39, 0.29) is 11.3 Å². The van der Waals surface area contributed by atoms with Gasteiger partial charge in [0, 0.05) is 22.8 Å². The van der Waals surface area contributed by atoms with E-state index in [4.69, 9.17) is 0 Å². The van der Waals surface area contributed by atoms with Crippen LogP contribution >= 0.6 is 11.3 Å². The van der Waals surface area contributed by atoms with E-state index in [0.717, 1.165) is 15.3 Å². The van der Waals surface area contributed by atoms with Crippen LogP contribution in [0.3, 0.4) is 0 Å². The van der Waals surface area contributed by atoms with Crippen molar-refractivity contribution in [3.8, 4) is 0 Å². The van der Waals surface area contributed by atoms with Crippen molar-refractivity contribution in [2.75, 3.05) is 0 Å². The number of aryl methyl sites for hydroxylation is 2. The molecule has 0 unspecified atom stereocenters. The first kappa shape index (κ1) is 13.8. The van der Waals surface area contributed by atoms with Gasteiger partial charge in [-0.1, -0.05) is 0 Å². The predicted octanol–water partition coefficient (Wildman–Crippen LogP) is 2.65. The molecular formula is C15H15N3O2S. The van der Waals surface area contributed by atoms with Crippen molar-refractivity contribution in [1.29, 1.82) is 0 Å². The molecule has 3 heterocycles. The van der Waals surface area contributed by atoms with Gasteiger partial charge >= 0.3 is 0 Å². The normalized spacial score (nSPS) is 11.2. The Morgan fingerprint density at radius 3 is 2.86 bits per heavy atom. The summed E-state index contributed by atoms with van der Waals surface area (Å²) in [5.41, 5.74) is 1.55. The summed E-state index contributed by atoms with van der Waals surface area (Å²) >= 11 is 1.53. The molecule has 0 saturated heterocycles. The SMILES string of the molecule is CC(=O)c1ccn(Cc2nc3sc(C)c(C)c3c(=O)[nH]2)c1. The van der Waals surface area contributed by atoms with Gasteiger partial charge in [0.1, 0.15) is 10.7 Å². The van der Waals surface area contributed by atoms with Crippen LogP contribution in [-0.2, 0) is 6.54 Å². The molecule has 0 aromatic carbocycles. The number of carbonyl (C=O) groups is 1. The zero-order chi connectivity index (χ0) is 15.1. The zero-order valence-corrected chi connectivity index (χ0v) is 12.9. The van der Waals surface area contributed by atoms with Gasteiger partial charge in [-0.2, -0.15) is 0 Å². The maximum atomic E-state index is 12.2. The van der Waals surface area contributed by atoms with Crippen LogP contribution in [0.1, 0.15) is 33.5 Å². The number of aromatic nitrogens is 3. The first-order valence-electron chi connectivity index (χ1n) is 6.61. The summed E-state index contributed by atoms with van der Waals surface area (Å²) in [6, 6.07) is 1.76. The van der Waals surface area contributed by atoms with Crippen molar-refractivity contribution in [2.24, 2.45) is 0 Å². The summed E-state index contributed by atoms with van der Waals surface area (Å²) in [6.07, 6.45) is 3.57. The zero-order valence-electron chi connectivity index (χ0n) is 12.1. The Hall–Kier alpha value is -2.21. The van der Waals surface area contributed by atoms with Crippen LogP contribution in [0.15, 0.2) is 23.3 Å². The number of carbonyl (C=O) groups excluding carboxylic acids is 1. The third-order valence-corrected chi connectivity index (χ3v) is 4.68. The van der Waals surface area contributed by atoms with Crippen LogP contribution in [0.4, 0.5) is 0 Å². The molecule has 0 atom stereocenters. The maximum absolute atomic E-state index is 12.2. The average Bonchev–Trinajstić information content (AvgIpc) is 2.96. The second-order valence-electron chi connectivity index (χ2n) is 5.10. The summed E-state index contributed by atoms with van der Waals surface area (Å²) in [4.78, 5) is 32.7. The molecule has 5 nitrogen and oxygen atoms in total. The van der Waals surface area contributed by atoms with E-state index in [2.05, 4.69) is 9.97 Å². The molecule has 0 bridgehead atoms. The fourth-order valence-corrected chi connectivity index (χ4v) is 3.34. The fraction of sp³-hybridized carbons (Fsp3) is 0.267. The molecular weight excluding hydrogens is 286 g/mol. The first-order valence-corrected chi connectivity index (χ1v) is 7.43.